The monoisotopic (exact) mass is 442 g/mol. The number of hydrogen-bond donors (Lipinski definition) is 0. The van der Waals surface area contributed by atoms with Crippen LogP contribution < -0.4 is 9.64 Å². The second kappa shape index (κ2) is 8.70. The number of amides is 2. The number of ether oxygens (including phenoxy) is 1. The zero-order valence-electron chi connectivity index (χ0n) is 17.4. The molecule has 0 N–H and O–H groups in total. The van der Waals surface area contributed by atoms with E-state index in [1.807, 2.05) is 36.4 Å². The van der Waals surface area contributed by atoms with Crippen molar-refractivity contribution < 1.29 is 22.7 Å². The highest BCUT2D eigenvalue weighted by Gasteiger charge is 2.39. The Bertz CT molecular complexity index is 1070. The third-order valence-corrected chi connectivity index (χ3v) is 8.19. The quantitative estimate of drug-likeness (QED) is 0.726. The summed E-state index contributed by atoms with van der Waals surface area (Å²) in [6.07, 6.45) is 0.486. The lowest BCUT2D eigenvalue weighted by Crippen LogP contribution is -2.39. The van der Waals surface area contributed by atoms with Gasteiger partial charge in [-0.3, -0.25) is 9.59 Å². The van der Waals surface area contributed by atoms with Crippen LogP contribution in [0.5, 0.6) is 5.75 Å². The van der Waals surface area contributed by atoms with Crippen LogP contribution in [0.4, 0.5) is 5.69 Å². The Morgan fingerprint density at radius 1 is 1.06 bits per heavy atom. The summed E-state index contributed by atoms with van der Waals surface area (Å²) in [7, 11) is -1.80. The van der Waals surface area contributed by atoms with Gasteiger partial charge in [-0.1, -0.05) is 36.4 Å². The molecule has 0 spiro atoms. The third kappa shape index (κ3) is 4.44. The molecule has 4 rings (SSSR count). The number of benzene rings is 2. The van der Waals surface area contributed by atoms with E-state index in [0.717, 1.165) is 5.56 Å². The van der Waals surface area contributed by atoms with Crippen LogP contribution >= 0.6 is 0 Å². The summed E-state index contributed by atoms with van der Waals surface area (Å²) in [6.45, 7) is 0.812. The first-order valence-corrected chi connectivity index (χ1v) is 12.1. The molecular formula is C23H26N2O5S. The van der Waals surface area contributed by atoms with Gasteiger partial charge in [0.2, 0.25) is 11.8 Å². The normalized spacial score (nSPS) is 23.5. The predicted molar refractivity (Wildman–Crippen MR) is 118 cm³/mol. The highest BCUT2D eigenvalue weighted by molar-refractivity contribution is 7.91. The summed E-state index contributed by atoms with van der Waals surface area (Å²) < 4.78 is 30.9. The van der Waals surface area contributed by atoms with Crippen LogP contribution in [-0.2, 0) is 19.4 Å². The molecule has 2 amide bonds. The van der Waals surface area contributed by atoms with E-state index in [1.165, 1.54) is 0 Å². The molecule has 2 fully saturated rings. The maximum Gasteiger partial charge on any atom is 0.228 e. The number of carbonyl (C=O) groups is 2. The molecule has 2 atom stereocenters. The first-order chi connectivity index (χ1) is 14.9. The minimum atomic E-state index is -3.36. The van der Waals surface area contributed by atoms with E-state index in [9.17, 15) is 18.0 Å². The third-order valence-electron chi connectivity index (χ3n) is 6.06. The Kier molecular flexibility index (Phi) is 6.00. The van der Waals surface area contributed by atoms with Crippen LogP contribution in [0.3, 0.4) is 0 Å². The molecule has 7 nitrogen and oxygen atoms in total. The van der Waals surface area contributed by atoms with Gasteiger partial charge in [0.05, 0.1) is 24.0 Å². The molecule has 164 valence electrons. The van der Waals surface area contributed by atoms with Crippen molar-refractivity contribution >= 4 is 27.3 Å². The lowest BCUT2D eigenvalue weighted by Gasteiger charge is -2.24. The van der Waals surface area contributed by atoms with Crippen molar-refractivity contribution in [3.05, 3.63) is 60.2 Å². The van der Waals surface area contributed by atoms with Crippen LogP contribution in [0.15, 0.2) is 54.6 Å². The zero-order chi connectivity index (χ0) is 22.0. The van der Waals surface area contributed by atoms with Crippen molar-refractivity contribution in [2.75, 3.05) is 37.4 Å². The molecule has 31 heavy (non-hydrogen) atoms. The van der Waals surface area contributed by atoms with Crippen LogP contribution in [0, 0.1) is 5.92 Å². The summed E-state index contributed by atoms with van der Waals surface area (Å²) in [5.41, 5.74) is 1.46. The van der Waals surface area contributed by atoms with E-state index >= 15 is 0 Å². The topological polar surface area (TPSA) is 84.0 Å². The van der Waals surface area contributed by atoms with Crippen LogP contribution in [0.25, 0.3) is 0 Å². The van der Waals surface area contributed by atoms with Crippen LogP contribution in [-0.4, -0.2) is 57.6 Å². The Labute approximate surface area is 182 Å². The standard InChI is InChI=1S/C23H26N2O5S/c1-30-20-9-5-8-19(15-20)25-16-18(14-22(25)26)23(27)24-11-10-21(31(28,29)13-12-24)17-6-3-2-4-7-17/h2-9,15,18,21H,10-14,16H2,1H3. The Morgan fingerprint density at radius 2 is 1.84 bits per heavy atom. The molecule has 2 aliphatic rings. The van der Waals surface area contributed by atoms with Gasteiger partial charge in [0.25, 0.3) is 0 Å². The smallest absolute Gasteiger partial charge is 0.228 e. The maximum atomic E-state index is 13.2. The van der Waals surface area contributed by atoms with Crippen molar-refractivity contribution in [3.63, 3.8) is 0 Å². The van der Waals surface area contributed by atoms with Crippen molar-refractivity contribution in [3.8, 4) is 5.75 Å². The fourth-order valence-electron chi connectivity index (χ4n) is 4.37. The molecule has 2 aromatic carbocycles. The summed E-state index contributed by atoms with van der Waals surface area (Å²) in [6, 6.07) is 16.3. The highest BCUT2D eigenvalue weighted by Crippen LogP contribution is 2.32. The van der Waals surface area contributed by atoms with Gasteiger partial charge in [0.15, 0.2) is 9.84 Å². The molecule has 0 radical (unpaired) electrons. The van der Waals surface area contributed by atoms with Crippen molar-refractivity contribution in [2.45, 2.75) is 18.1 Å². The second-order valence-corrected chi connectivity index (χ2v) is 10.3. The summed E-state index contributed by atoms with van der Waals surface area (Å²) >= 11 is 0. The van der Waals surface area contributed by atoms with Gasteiger partial charge in [-0.05, 0) is 24.1 Å². The molecule has 0 aliphatic carbocycles. The van der Waals surface area contributed by atoms with Gasteiger partial charge in [0.1, 0.15) is 5.75 Å². The lowest BCUT2D eigenvalue weighted by atomic mass is 10.1. The Hall–Kier alpha value is -2.87. The fraction of sp³-hybridized carbons (Fsp3) is 0.391. The summed E-state index contributed by atoms with van der Waals surface area (Å²) in [4.78, 5) is 29.0. The van der Waals surface area contributed by atoms with Gasteiger partial charge in [0, 0.05) is 37.8 Å². The highest BCUT2D eigenvalue weighted by atomic mass is 32.2. The average Bonchev–Trinajstić information content (AvgIpc) is 3.09. The van der Waals surface area contributed by atoms with Crippen molar-refractivity contribution in [2.24, 2.45) is 5.92 Å². The molecule has 2 saturated heterocycles. The zero-order valence-corrected chi connectivity index (χ0v) is 18.3. The van der Waals surface area contributed by atoms with E-state index in [-0.39, 0.29) is 37.1 Å². The molecule has 2 unspecified atom stereocenters. The van der Waals surface area contributed by atoms with Gasteiger partial charge < -0.3 is 14.5 Å². The minimum Gasteiger partial charge on any atom is -0.497 e. The van der Waals surface area contributed by atoms with Gasteiger partial charge in [-0.15, -0.1) is 0 Å². The second-order valence-electron chi connectivity index (χ2n) is 7.99. The number of carbonyl (C=O) groups excluding carboxylic acids is 2. The van der Waals surface area contributed by atoms with E-state index in [2.05, 4.69) is 0 Å². The number of sulfone groups is 1. The number of rotatable bonds is 4. The largest absolute Gasteiger partial charge is 0.497 e. The molecule has 0 aromatic heterocycles. The molecule has 8 heteroatoms. The van der Waals surface area contributed by atoms with Gasteiger partial charge >= 0.3 is 0 Å². The Morgan fingerprint density at radius 3 is 2.58 bits per heavy atom. The fourth-order valence-corrected chi connectivity index (χ4v) is 6.16. The molecule has 0 bridgehead atoms. The Balaban J connectivity index is 1.47. The molecule has 2 aromatic rings. The van der Waals surface area contributed by atoms with Crippen molar-refractivity contribution in [1.29, 1.82) is 0 Å². The maximum absolute atomic E-state index is 13.2. The number of methoxy groups -OCH3 is 1. The lowest BCUT2D eigenvalue weighted by molar-refractivity contribution is -0.135. The van der Waals surface area contributed by atoms with E-state index < -0.39 is 21.0 Å². The molecule has 2 aliphatic heterocycles. The van der Waals surface area contributed by atoms with Gasteiger partial charge in [-0.25, -0.2) is 8.42 Å². The number of anilines is 1. The first-order valence-electron chi connectivity index (χ1n) is 10.4. The molecule has 0 saturated carbocycles. The minimum absolute atomic E-state index is 0.0709. The van der Waals surface area contributed by atoms with E-state index in [0.29, 0.717) is 24.4 Å². The SMILES string of the molecule is COc1cccc(N2CC(C(=O)N3CCC(c4ccccc4)S(=O)(=O)CC3)CC2=O)c1. The van der Waals surface area contributed by atoms with Crippen molar-refractivity contribution in [1.82, 2.24) is 4.90 Å². The average molecular weight is 443 g/mol. The van der Waals surface area contributed by atoms with E-state index in [1.54, 1.807) is 35.1 Å². The van der Waals surface area contributed by atoms with Crippen LogP contribution in [0.1, 0.15) is 23.7 Å². The van der Waals surface area contributed by atoms with Crippen LogP contribution in [0.2, 0.25) is 0 Å². The van der Waals surface area contributed by atoms with E-state index in [4.69, 9.17) is 4.74 Å². The predicted octanol–water partition coefficient (Wildman–Crippen LogP) is 2.44. The molecule has 2 heterocycles. The number of hydrogen-bond acceptors (Lipinski definition) is 5. The first kappa shape index (κ1) is 21.4. The number of nitrogens with zero attached hydrogens (tertiary/aromatic N) is 2. The molecular weight excluding hydrogens is 416 g/mol. The summed E-state index contributed by atoms with van der Waals surface area (Å²) in [5, 5.41) is -0.606. The summed E-state index contributed by atoms with van der Waals surface area (Å²) in [5.74, 6) is -0.170. The van der Waals surface area contributed by atoms with Gasteiger partial charge in [-0.2, -0.15) is 0 Å².